The predicted molar refractivity (Wildman–Crippen MR) is 225 cm³/mol. The van der Waals surface area contributed by atoms with E-state index in [9.17, 15) is 9.90 Å². The number of hydrogen-bond acceptors (Lipinski definition) is 6. The fourth-order valence-corrected chi connectivity index (χ4v) is 11.5. The van der Waals surface area contributed by atoms with Crippen molar-refractivity contribution in [3.05, 3.63) is 114 Å². The number of thiophene rings is 4. The Morgan fingerprint density at radius 3 is 2.08 bits per heavy atom. The number of aromatic nitrogens is 1. The van der Waals surface area contributed by atoms with Gasteiger partial charge in [0.05, 0.1) is 10.2 Å². The number of benzene rings is 3. The smallest absolute Gasteiger partial charge is 0.346 e. The van der Waals surface area contributed by atoms with Crippen molar-refractivity contribution in [1.82, 2.24) is 4.57 Å². The topological polar surface area (TPSA) is 66.0 Å². The molecule has 0 spiro atoms. The summed E-state index contributed by atoms with van der Waals surface area (Å²) in [6, 6.07) is 39.0. The van der Waals surface area contributed by atoms with Crippen molar-refractivity contribution in [2.24, 2.45) is 0 Å². The molecule has 0 bridgehead atoms. The van der Waals surface area contributed by atoms with E-state index in [2.05, 4.69) is 102 Å². The normalized spacial score (nSPS) is 12.0. The molecule has 52 heavy (non-hydrogen) atoms. The van der Waals surface area contributed by atoms with E-state index in [1.54, 1.807) is 17.4 Å². The lowest BCUT2D eigenvalue weighted by molar-refractivity contribution is -0.132. The van der Waals surface area contributed by atoms with Gasteiger partial charge in [0.2, 0.25) is 0 Å². The largest absolute Gasteiger partial charge is 0.477 e. The van der Waals surface area contributed by atoms with Crippen LogP contribution in [0.15, 0.2) is 109 Å². The lowest BCUT2D eigenvalue weighted by atomic mass is 9.98. The minimum atomic E-state index is -1.21. The van der Waals surface area contributed by atoms with Gasteiger partial charge in [0.25, 0.3) is 0 Å². The molecule has 0 atom stereocenters. The van der Waals surface area contributed by atoms with Crippen molar-refractivity contribution < 1.29 is 9.90 Å². The van der Waals surface area contributed by atoms with Crippen LogP contribution in [0.25, 0.3) is 78.4 Å². The highest BCUT2D eigenvalue weighted by Crippen LogP contribution is 2.48. The fraction of sp³-hybridized carbons (Fsp3) is 0.182. The second kappa shape index (κ2) is 15.1. The molecule has 8 rings (SSSR count). The van der Waals surface area contributed by atoms with Crippen molar-refractivity contribution in [3.63, 3.8) is 0 Å². The Kier molecular flexibility index (Phi) is 9.94. The van der Waals surface area contributed by atoms with Crippen LogP contribution in [-0.4, -0.2) is 15.6 Å². The Balaban J connectivity index is 1.17. The van der Waals surface area contributed by atoms with Gasteiger partial charge in [-0.3, -0.25) is 0 Å². The molecular formula is C44H36N2O2S4. The van der Waals surface area contributed by atoms with E-state index in [-0.39, 0.29) is 5.57 Å². The first-order valence-corrected chi connectivity index (χ1v) is 21.0. The standard InChI is InChI=1S/C44H36N2O2S4/c1-2-3-4-5-6-12-23-46-34-16-11-10-15-32(34)41-33(28-13-8-7-9-14-28)25-29-26-40(52-43(29)42(41)46)39-22-21-38(51-39)37-20-19-36(50-37)35-18-17-31(49-35)24-30(27-45)44(47)48/h7-11,13-22,24-26H,2-6,12,23H2,1H3,(H,47,48)/b30-24-. The van der Waals surface area contributed by atoms with Crippen molar-refractivity contribution in [2.45, 2.75) is 52.0 Å². The number of hydrogen-bond donors (Lipinski definition) is 1. The molecule has 0 aliphatic rings. The molecule has 0 unspecified atom stereocenters. The van der Waals surface area contributed by atoms with Gasteiger partial charge in [0, 0.05) is 57.0 Å². The molecule has 0 amide bonds. The second-order valence-corrected chi connectivity index (χ2v) is 17.3. The number of aliphatic carboxylic acids is 1. The first-order chi connectivity index (χ1) is 25.5. The third-order valence-corrected chi connectivity index (χ3v) is 14.5. The molecule has 3 aromatic carbocycles. The van der Waals surface area contributed by atoms with Crippen molar-refractivity contribution in [2.75, 3.05) is 0 Å². The summed E-state index contributed by atoms with van der Waals surface area (Å²) >= 11 is 6.97. The Hall–Kier alpha value is -4.78. The highest BCUT2D eigenvalue weighted by atomic mass is 32.1. The number of aryl methyl sites for hydroxylation is 1. The fourth-order valence-electron chi connectivity index (χ4n) is 7.04. The molecule has 8 heteroatoms. The van der Waals surface area contributed by atoms with Gasteiger partial charge < -0.3 is 9.67 Å². The lowest BCUT2D eigenvalue weighted by Gasteiger charge is -2.10. The Bertz CT molecular complexity index is 2620. The molecule has 4 nitrogen and oxygen atoms in total. The van der Waals surface area contributed by atoms with Crippen molar-refractivity contribution in [3.8, 4) is 46.5 Å². The number of rotatable bonds is 13. The quantitative estimate of drug-likeness (QED) is 0.0724. The third-order valence-electron chi connectivity index (χ3n) is 9.54. The Labute approximate surface area is 319 Å². The van der Waals surface area contributed by atoms with Crippen LogP contribution in [0.4, 0.5) is 0 Å². The summed E-state index contributed by atoms with van der Waals surface area (Å²) in [6.45, 7) is 3.29. The summed E-state index contributed by atoms with van der Waals surface area (Å²) in [5.41, 5.74) is 4.96. The molecular weight excluding hydrogens is 717 g/mol. The maximum atomic E-state index is 11.3. The van der Waals surface area contributed by atoms with Gasteiger partial charge in [-0.15, -0.1) is 45.3 Å². The molecule has 0 aliphatic carbocycles. The zero-order chi connectivity index (χ0) is 35.6. The number of unbranched alkanes of at least 4 members (excludes halogenated alkanes) is 5. The summed E-state index contributed by atoms with van der Waals surface area (Å²) in [6.07, 6.45) is 9.08. The lowest BCUT2D eigenvalue weighted by Crippen LogP contribution is -1.98. The van der Waals surface area contributed by atoms with Crippen LogP contribution in [0.5, 0.6) is 0 Å². The number of fused-ring (bicyclic) bond motifs is 5. The van der Waals surface area contributed by atoms with Crippen LogP contribution in [-0.2, 0) is 11.3 Å². The molecule has 0 radical (unpaired) electrons. The van der Waals surface area contributed by atoms with Crippen molar-refractivity contribution >= 4 is 89.3 Å². The van der Waals surface area contributed by atoms with Crippen LogP contribution in [0.3, 0.4) is 0 Å². The van der Waals surface area contributed by atoms with E-state index in [4.69, 9.17) is 5.26 Å². The monoisotopic (exact) mass is 752 g/mol. The maximum absolute atomic E-state index is 11.3. The van der Waals surface area contributed by atoms with E-state index in [0.29, 0.717) is 0 Å². The number of carboxylic acids is 1. The summed E-state index contributed by atoms with van der Waals surface area (Å²) in [7, 11) is 0. The molecule has 0 saturated carbocycles. The highest BCUT2D eigenvalue weighted by molar-refractivity contribution is 7.30. The van der Waals surface area contributed by atoms with E-state index in [1.807, 2.05) is 34.8 Å². The molecule has 0 aliphatic heterocycles. The van der Waals surface area contributed by atoms with Crippen LogP contribution in [0.2, 0.25) is 0 Å². The minimum Gasteiger partial charge on any atom is -0.477 e. The first-order valence-electron chi connectivity index (χ1n) is 17.7. The molecule has 0 fully saturated rings. The SMILES string of the molecule is CCCCCCCCn1c2ccccc2c2c(-c3ccccc3)cc3cc(-c4ccc(-c5ccc(-c6ccc(/C=C(/C#N)C(=O)O)s6)s5)s4)sc3c21. The van der Waals surface area contributed by atoms with Gasteiger partial charge in [0.15, 0.2) is 0 Å². The van der Waals surface area contributed by atoms with E-state index < -0.39 is 5.97 Å². The number of carbonyl (C=O) groups is 1. The highest BCUT2D eigenvalue weighted by Gasteiger charge is 2.21. The number of carboxylic acid groups (broad SMARTS) is 1. The molecule has 5 aromatic heterocycles. The van der Waals surface area contributed by atoms with Crippen molar-refractivity contribution in [1.29, 1.82) is 5.26 Å². The number of para-hydroxylation sites is 1. The van der Waals surface area contributed by atoms with Gasteiger partial charge in [-0.05, 0) is 83.6 Å². The Morgan fingerprint density at radius 2 is 1.37 bits per heavy atom. The van der Waals surface area contributed by atoms with Gasteiger partial charge in [0.1, 0.15) is 11.6 Å². The Morgan fingerprint density at radius 1 is 0.731 bits per heavy atom. The molecule has 258 valence electrons. The predicted octanol–water partition coefficient (Wildman–Crippen LogP) is 14.2. The summed E-state index contributed by atoms with van der Waals surface area (Å²) in [5.74, 6) is -1.21. The molecule has 8 aromatic rings. The summed E-state index contributed by atoms with van der Waals surface area (Å²) in [5, 5.41) is 22.4. The minimum absolute atomic E-state index is 0.260. The zero-order valence-electron chi connectivity index (χ0n) is 28.7. The second-order valence-electron chi connectivity index (χ2n) is 13.0. The van der Waals surface area contributed by atoms with Gasteiger partial charge in [-0.25, -0.2) is 4.79 Å². The van der Waals surface area contributed by atoms with Gasteiger partial charge >= 0.3 is 5.97 Å². The van der Waals surface area contributed by atoms with E-state index in [1.165, 1.54) is 118 Å². The van der Waals surface area contributed by atoms with Crippen LogP contribution >= 0.6 is 45.3 Å². The molecule has 5 heterocycles. The molecule has 0 saturated heterocycles. The van der Waals surface area contributed by atoms with Crippen LogP contribution in [0, 0.1) is 11.3 Å². The molecule has 1 N–H and O–H groups in total. The first kappa shape index (κ1) is 34.3. The summed E-state index contributed by atoms with van der Waals surface area (Å²) < 4.78 is 3.96. The van der Waals surface area contributed by atoms with E-state index >= 15 is 0 Å². The number of nitrogens with zero attached hydrogens (tertiary/aromatic N) is 2. The third kappa shape index (κ3) is 6.66. The number of nitriles is 1. The average Bonchev–Trinajstić information content (AvgIpc) is 4.01. The van der Waals surface area contributed by atoms with Gasteiger partial charge in [-0.2, -0.15) is 5.26 Å². The van der Waals surface area contributed by atoms with Crippen LogP contribution in [0.1, 0.15) is 50.3 Å². The van der Waals surface area contributed by atoms with Crippen LogP contribution < -0.4 is 0 Å². The zero-order valence-corrected chi connectivity index (χ0v) is 32.0. The average molecular weight is 753 g/mol. The van der Waals surface area contributed by atoms with E-state index in [0.717, 1.165) is 21.2 Å². The summed E-state index contributed by atoms with van der Waals surface area (Å²) in [4.78, 5) is 19.2. The maximum Gasteiger partial charge on any atom is 0.346 e. The van der Waals surface area contributed by atoms with Gasteiger partial charge in [-0.1, -0.05) is 87.6 Å².